The number of nitrogens with two attached hydrogens (primary N) is 1. The van der Waals surface area contributed by atoms with E-state index in [0.29, 0.717) is 29.1 Å². The van der Waals surface area contributed by atoms with E-state index in [9.17, 15) is 0 Å². The SMILES string of the molecule is COc1nc(OCc2ccc(Cl)cc2)ccc1N. The second-order valence-corrected chi connectivity index (χ2v) is 4.10. The molecule has 2 aromatic rings. The maximum Gasteiger partial charge on any atom is 0.240 e. The summed E-state index contributed by atoms with van der Waals surface area (Å²) in [5.41, 5.74) is 7.16. The molecule has 0 unspecified atom stereocenters. The number of ether oxygens (including phenoxy) is 2. The lowest BCUT2D eigenvalue weighted by Crippen LogP contribution is -2.00. The van der Waals surface area contributed by atoms with Crippen LogP contribution in [0, 0.1) is 0 Å². The molecular weight excluding hydrogens is 252 g/mol. The highest BCUT2D eigenvalue weighted by Gasteiger charge is 2.04. The lowest BCUT2D eigenvalue weighted by Gasteiger charge is -2.08. The first-order valence-electron chi connectivity index (χ1n) is 5.37. The fourth-order valence-corrected chi connectivity index (χ4v) is 1.54. The number of hydrogen-bond acceptors (Lipinski definition) is 4. The normalized spacial score (nSPS) is 10.1. The van der Waals surface area contributed by atoms with E-state index in [2.05, 4.69) is 4.98 Å². The third-order valence-corrected chi connectivity index (χ3v) is 2.61. The van der Waals surface area contributed by atoms with Crippen molar-refractivity contribution in [2.75, 3.05) is 12.8 Å². The summed E-state index contributed by atoms with van der Waals surface area (Å²) >= 11 is 5.80. The molecule has 0 atom stereocenters. The molecule has 5 heteroatoms. The topological polar surface area (TPSA) is 57.4 Å². The molecule has 0 amide bonds. The first kappa shape index (κ1) is 12.5. The summed E-state index contributed by atoms with van der Waals surface area (Å²) in [7, 11) is 1.52. The molecule has 0 bridgehead atoms. The molecule has 2 rings (SSSR count). The second kappa shape index (κ2) is 5.60. The van der Waals surface area contributed by atoms with Gasteiger partial charge in [-0.05, 0) is 23.8 Å². The molecule has 94 valence electrons. The van der Waals surface area contributed by atoms with Crippen LogP contribution >= 0.6 is 11.6 Å². The van der Waals surface area contributed by atoms with Crippen molar-refractivity contribution in [1.29, 1.82) is 0 Å². The summed E-state index contributed by atoms with van der Waals surface area (Å²) in [6.07, 6.45) is 0. The van der Waals surface area contributed by atoms with Crippen molar-refractivity contribution in [3.05, 3.63) is 47.0 Å². The van der Waals surface area contributed by atoms with Gasteiger partial charge < -0.3 is 15.2 Å². The molecule has 0 aliphatic carbocycles. The number of rotatable bonds is 4. The van der Waals surface area contributed by atoms with Crippen LogP contribution in [0.15, 0.2) is 36.4 Å². The molecule has 1 aromatic carbocycles. The van der Waals surface area contributed by atoms with Gasteiger partial charge in [-0.15, -0.1) is 0 Å². The van der Waals surface area contributed by atoms with Gasteiger partial charge in [-0.3, -0.25) is 0 Å². The summed E-state index contributed by atoms with van der Waals surface area (Å²) in [4.78, 5) is 4.13. The van der Waals surface area contributed by atoms with Crippen molar-refractivity contribution in [2.24, 2.45) is 0 Å². The highest BCUT2D eigenvalue weighted by molar-refractivity contribution is 6.30. The van der Waals surface area contributed by atoms with Crippen molar-refractivity contribution < 1.29 is 9.47 Å². The van der Waals surface area contributed by atoms with E-state index in [1.165, 1.54) is 7.11 Å². The molecule has 2 N–H and O–H groups in total. The van der Waals surface area contributed by atoms with E-state index >= 15 is 0 Å². The van der Waals surface area contributed by atoms with Gasteiger partial charge in [0.1, 0.15) is 6.61 Å². The van der Waals surface area contributed by atoms with Gasteiger partial charge in [0.05, 0.1) is 12.8 Å². The predicted octanol–water partition coefficient (Wildman–Crippen LogP) is 2.90. The quantitative estimate of drug-likeness (QED) is 0.922. The van der Waals surface area contributed by atoms with Gasteiger partial charge in [0.2, 0.25) is 11.8 Å². The third-order valence-electron chi connectivity index (χ3n) is 2.36. The number of methoxy groups -OCH3 is 1. The number of aromatic nitrogens is 1. The molecule has 0 radical (unpaired) electrons. The average molecular weight is 265 g/mol. The summed E-state index contributed by atoms with van der Waals surface area (Å²) in [6.45, 7) is 0.414. The summed E-state index contributed by atoms with van der Waals surface area (Å²) < 4.78 is 10.6. The van der Waals surface area contributed by atoms with E-state index in [0.717, 1.165) is 5.56 Å². The van der Waals surface area contributed by atoms with Gasteiger partial charge in [0, 0.05) is 11.1 Å². The fourth-order valence-electron chi connectivity index (χ4n) is 1.42. The van der Waals surface area contributed by atoms with Crippen molar-refractivity contribution in [3.8, 4) is 11.8 Å². The van der Waals surface area contributed by atoms with Crippen LogP contribution in [0.1, 0.15) is 5.56 Å². The Bertz CT molecular complexity index is 529. The van der Waals surface area contributed by atoms with Crippen LogP contribution in [-0.2, 0) is 6.61 Å². The molecule has 0 aliphatic heterocycles. The minimum atomic E-state index is 0.364. The Hall–Kier alpha value is -1.94. The van der Waals surface area contributed by atoms with Crippen LogP contribution in [0.25, 0.3) is 0 Å². The summed E-state index contributed by atoms with van der Waals surface area (Å²) in [6, 6.07) is 10.8. The van der Waals surface area contributed by atoms with Gasteiger partial charge >= 0.3 is 0 Å². The maximum atomic E-state index is 5.80. The highest BCUT2D eigenvalue weighted by atomic mass is 35.5. The Morgan fingerprint density at radius 1 is 1.17 bits per heavy atom. The van der Waals surface area contributed by atoms with Crippen molar-refractivity contribution >= 4 is 17.3 Å². The van der Waals surface area contributed by atoms with E-state index in [-0.39, 0.29) is 0 Å². The Morgan fingerprint density at radius 3 is 2.56 bits per heavy atom. The number of halogens is 1. The first-order valence-corrected chi connectivity index (χ1v) is 5.74. The molecule has 4 nitrogen and oxygen atoms in total. The molecular formula is C13H13ClN2O2. The average Bonchev–Trinajstić information content (AvgIpc) is 2.39. The number of hydrogen-bond donors (Lipinski definition) is 1. The van der Waals surface area contributed by atoms with Crippen LogP contribution in [0.3, 0.4) is 0 Å². The molecule has 0 aliphatic rings. The first-order chi connectivity index (χ1) is 8.69. The molecule has 0 saturated carbocycles. The number of benzene rings is 1. The minimum absolute atomic E-state index is 0.364. The van der Waals surface area contributed by atoms with Gasteiger partial charge in [0.25, 0.3) is 0 Å². The molecule has 0 spiro atoms. The number of pyridine rings is 1. The van der Waals surface area contributed by atoms with E-state index < -0.39 is 0 Å². The van der Waals surface area contributed by atoms with E-state index in [4.69, 9.17) is 26.8 Å². The number of anilines is 1. The fraction of sp³-hybridized carbons (Fsp3) is 0.154. The summed E-state index contributed by atoms with van der Waals surface area (Å²) in [5, 5.41) is 0.700. The Labute approximate surface area is 110 Å². The maximum absolute atomic E-state index is 5.80. The minimum Gasteiger partial charge on any atom is -0.479 e. The highest BCUT2D eigenvalue weighted by Crippen LogP contribution is 2.22. The van der Waals surface area contributed by atoms with Gasteiger partial charge in [-0.2, -0.15) is 4.98 Å². The van der Waals surface area contributed by atoms with Gasteiger partial charge in [0.15, 0.2) is 0 Å². The zero-order valence-electron chi connectivity index (χ0n) is 9.89. The number of nitrogens with zero attached hydrogens (tertiary/aromatic N) is 1. The van der Waals surface area contributed by atoms with E-state index in [1.54, 1.807) is 12.1 Å². The third kappa shape index (κ3) is 3.05. The lowest BCUT2D eigenvalue weighted by molar-refractivity contribution is 0.287. The van der Waals surface area contributed by atoms with Crippen molar-refractivity contribution in [3.63, 3.8) is 0 Å². The monoisotopic (exact) mass is 264 g/mol. The molecule has 0 saturated heterocycles. The standard InChI is InChI=1S/C13H13ClN2O2/c1-17-13-11(15)6-7-12(16-13)18-8-9-2-4-10(14)5-3-9/h2-7H,8,15H2,1H3. The molecule has 1 heterocycles. The van der Waals surface area contributed by atoms with Crippen LogP contribution in [0.4, 0.5) is 5.69 Å². The zero-order valence-corrected chi connectivity index (χ0v) is 10.6. The smallest absolute Gasteiger partial charge is 0.240 e. The van der Waals surface area contributed by atoms with Crippen LogP contribution in [0.5, 0.6) is 11.8 Å². The van der Waals surface area contributed by atoms with Crippen LogP contribution in [-0.4, -0.2) is 12.1 Å². The molecule has 1 aromatic heterocycles. The van der Waals surface area contributed by atoms with Crippen LogP contribution < -0.4 is 15.2 Å². The van der Waals surface area contributed by atoms with Crippen molar-refractivity contribution in [1.82, 2.24) is 4.98 Å². The van der Waals surface area contributed by atoms with E-state index in [1.807, 2.05) is 24.3 Å². The Kier molecular flexibility index (Phi) is 3.89. The summed E-state index contributed by atoms with van der Waals surface area (Å²) in [5.74, 6) is 0.833. The second-order valence-electron chi connectivity index (χ2n) is 3.66. The molecule has 0 fully saturated rings. The zero-order chi connectivity index (χ0) is 13.0. The molecule has 18 heavy (non-hydrogen) atoms. The van der Waals surface area contributed by atoms with Gasteiger partial charge in [-0.25, -0.2) is 0 Å². The number of nitrogen functional groups attached to an aromatic ring is 1. The lowest BCUT2D eigenvalue weighted by atomic mass is 10.2. The Balaban J connectivity index is 2.04. The Morgan fingerprint density at radius 2 is 1.89 bits per heavy atom. The van der Waals surface area contributed by atoms with Crippen molar-refractivity contribution in [2.45, 2.75) is 6.61 Å². The predicted molar refractivity (Wildman–Crippen MR) is 71.0 cm³/mol. The van der Waals surface area contributed by atoms with Crippen LogP contribution in [0.2, 0.25) is 5.02 Å². The largest absolute Gasteiger partial charge is 0.479 e. The van der Waals surface area contributed by atoms with Gasteiger partial charge in [-0.1, -0.05) is 23.7 Å².